The lowest BCUT2D eigenvalue weighted by Crippen LogP contribution is -2.27. The van der Waals surface area contributed by atoms with Crippen molar-refractivity contribution in [2.24, 2.45) is 5.41 Å². The fourth-order valence-corrected chi connectivity index (χ4v) is 4.10. The van der Waals surface area contributed by atoms with E-state index in [0.29, 0.717) is 11.3 Å². The molecule has 0 heterocycles. The topological polar surface area (TPSA) is 9.23 Å². The quantitative estimate of drug-likeness (QED) is 0.577. The number of benzene rings is 1. The van der Waals surface area contributed by atoms with Gasteiger partial charge in [-0.15, -0.1) is 0 Å². The summed E-state index contributed by atoms with van der Waals surface area (Å²) in [5.41, 5.74) is 2.62. The van der Waals surface area contributed by atoms with E-state index in [2.05, 4.69) is 42.8 Å². The van der Waals surface area contributed by atoms with Crippen LogP contribution in [-0.4, -0.2) is 11.9 Å². The predicted octanol–water partition coefficient (Wildman–Crippen LogP) is 6.11. The Morgan fingerprint density at radius 3 is 2.50 bits per heavy atom. The number of ether oxygens (including phenoxy) is 1. The van der Waals surface area contributed by atoms with Crippen molar-refractivity contribution in [3.05, 3.63) is 28.3 Å². The Bertz CT molecular complexity index is 464. The maximum Gasteiger partial charge on any atom is 0.122 e. The third-order valence-electron chi connectivity index (χ3n) is 4.40. The highest BCUT2D eigenvalue weighted by Gasteiger charge is 2.33. The minimum Gasteiger partial charge on any atom is -0.493 e. The highest BCUT2D eigenvalue weighted by Crippen LogP contribution is 2.40. The highest BCUT2D eigenvalue weighted by atomic mass is 79.9. The van der Waals surface area contributed by atoms with Crippen molar-refractivity contribution in [1.82, 2.24) is 0 Å². The molecule has 1 aromatic rings. The molecular formula is C17H24BrClO. The molecule has 112 valence electrons. The zero-order valence-electron chi connectivity index (χ0n) is 12.6. The van der Waals surface area contributed by atoms with Gasteiger partial charge in [-0.2, -0.15) is 0 Å². The average Bonchev–Trinajstić information content (AvgIpc) is 2.87. The van der Waals surface area contributed by atoms with Crippen LogP contribution in [0.2, 0.25) is 5.02 Å². The molecule has 0 amide bonds. The molecule has 0 aliphatic heterocycles. The van der Waals surface area contributed by atoms with Crippen molar-refractivity contribution < 1.29 is 4.74 Å². The average molecular weight is 360 g/mol. The Morgan fingerprint density at radius 2 is 1.95 bits per heavy atom. The fourth-order valence-electron chi connectivity index (χ4n) is 2.94. The van der Waals surface area contributed by atoms with Crippen molar-refractivity contribution in [3.63, 3.8) is 0 Å². The van der Waals surface area contributed by atoms with Crippen molar-refractivity contribution in [1.29, 1.82) is 0 Å². The summed E-state index contributed by atoms with van der Waals surface area (Å²) >= 11 is 9.99. The molecule has 0 unspecified atom stereocenters. The summed E-state index contributed by atoms with van der Waals surface area (Å²) in [6.45, 7) is 7.20. The van der Waals surface area contributed by atoms with Crippen LogP contribution in [0, 0.1) is 12.3 Å². The van der Waals surface area contributed by atoms with Gasteiger partial charge in [-0.05, 0) is 48.9 Å². The lowest BCUT2D eigenvalue weighted by Gasteiger charge is -2.27. The van der Waals surface area contributed by atoms with Crippen LogP contribution in [0.15, 0.2) is 12.1 Å². The molecule has 0 bridgehead atoms. The SMILES string of the molecule is Cc1cc(Cl)c(C(C)C)cc1OCC1(CBr)CCCC1. The van der Waals surface area contributed by atoms with Gasteiger partial charge in [-0.1, -0.05) is 54.2 Å². The first kappa shape index (κ1) is 16.2. The molecular weight excluding hydrogens is 336 g/mol. The first-order valence-electron chi connectivity index (χ1n) is 7.46. The Balaban J connectivity index is 2.14. The molecule has 20 heavy (non-hydrogen) atoms. The van der Waals surface area contributed by atoms with Gasteiger partial charge < -0.3 is 4.74 Å². The number of hydrogen-bond donors (Lipinski definition) is 0. The maximum atomic E-state index is 6.32. The van der Waals surface area contributed by atoms with E-state index < -0.39 is 0 Å². The molecule has 1 aromatic carbocycles. The van der Waals surface area contributed by atoms with Crippen molar-refractivity contribution in [2.45, 2.75) is 52.4 Å². The van der Waals surface area contributed by atoms with Crippen LogP contribution >= 0.6 is 27.5 Å². The fraction of sp³-hybridized carbons (Fsp3) is 0.647. The third kappa shape index (κ3) is 3.51. The van der Waals surface area contributed by atoms with Crippen LogP contribution in [0.4, 0.5) is 0 Å². The molecule has 3 heteroatoms. The highest BCUT2D eigenvalue weighted by molar-refractivity contribution is 9.09. The van der Waals surface area contributed by atoms with E-state index in [4.69, 9.17) is 16.3 Å². The van der Waals surface area contributed by atoms with Gasteiger partial charge in [0.1, 0.15) is 5.75 Å². The predicted molar refractivity (Wildman–Crippen MR) is 90.5 cm³/mol. The van der Waals surface area contributed by atoms with Crippen molar-refractivity contribution >= 4 is 27.5 Å². The van der Waals surface area contributed by atoms with Crippen LogP contribution in [-0.2, 0) is 0 Å². The molecule has 1 aliphatic carbocycles. The van der Waals surface area contributed by atoms with Crippen LogP contribution in [0.25, 0.3) is 0 Å². The van der Waals surface area contributed by atoms with Gasteiger partial charge in [-0.25, -0.2) is 0 Å². The molecule has 0 spiro atoms. The zero-order chi connectivity index (χ0) is 14.8. The van der Waals surface area contributed by atoms with Gasteiger partial charge in [0.15, 0.2) is 0 Å². The summed E-state index contributed by atoms with van der Waals surface area (Å²) in [7, 11) is 0. The number of alkyl halides is 1. The van der Waals surface area contributed by atoms with E-state index in [1.54, 1.807) is 0 Å². The molecule has 2 rings (SSSR count). The zero-order valence-corrected chi connectivity index (χ0v) is 15.0. The monoisotopic (exact) mass is 358 g/mol. The molecule has 1 nitrogen and oxygen atoms in total. The van der Waals surface area contributed by atoms with Gasteiger partial charge in [0.05, 0.1) is 6.61 Å². The number of rotatable bonds is 5. The van der Waals surface area contributed by atoms with Gasteiger partial charge in [0, 0.05) is 15.8 Å². The second-order valence-corrected chi connectivity index (χ2v) is 7.39. The van der Waals surface area contributed by atoms with Crippen LogP contribution in [0.5, 0.6) is 5.75 Å². The normalized spacial score (nSPS) is 17.7. The van der Waals surface area contributed by atoms with Crippen LogP contribution in [0.1, 0.15) is 56.6 Å². The minimum atomic E-state index is 0.323. The molecule has 0 aromatic heterocycles. The second-order valence-electron chi connectivity index (χ2n) is 6.42. The summed E-state index contributed by atoms with van der Waals surface area (Å²) in [6, 6.07) is 4.15. The van der Waals surface area contributed by atoms with Gasteiger partial charge in [0.2, 0.25) is 0 Å². The standard InChI is InChI=1S/C17H24BrClO/c1-12(2)14-9-16(13(3)8-15(14)19)20-11-17(10-18)6-4-5-7-17/h8-9,12H,4-7,10-11H2,1-3H3. The van der Waals surface area contributed by atoms with Gasteiger partial charge >= 0.3 is 0 Å². The Labute approximate surface area is 136 Å². The minimum absolute atomic E-state index is 0.323. The first-order chi connectivity index (χ1) is 9.47. The number of halogens is 2. The molecule has 1 fully saturated rings. The largest absolute Gasteiger partial charge is 0.493 e. The van der Waals surface area contributed by atoms with Crippen molar-refractivity contribution in [2.75, 3.05) is 11.9 Å². The van der Waals surface area contributed by atoms with Crippen LogP contribution in [0.3, 0.4) is 0 Å². The third-order valence-corrected chi connectivity index (χ3v) is 5.91. The number of aryl methyl sites for hydroxylation is 1. The molecule has 0 saturated heterocycles. The van der Waals surface area contributed by atoms with Crippen molar-refractivity contribution in [3.8, 4) is 5.75 Å². The van der Waals surface area contributed by atoms with E-state index in [1.165, 1.54) is 31.2 Å². The summed E-state index contributed by atoms with van der Waals surface area (Å²) < 4.78 is 6.17. The first-order valence-corrected chi connectivity index (χ1v) is 8.96. The van der Waals surface area contributed by atoms with E-state index in [9.17, 15) is 0 Å². The summed E-state index contributed by atoms with van der Waals surface area (Å²) in [5.74, 6) is 1.41. The van der Waals surface area contributed by atoms with Gasteiger partial charge in [0.25, 0.3) is 0 Å². The summed E-state index contributed by atoms with van der Waals surface area (Å²) in [5, 5.41) is 1.88. The summed E-state index contributed by atoms with van der Waals surface area (Å²) in [6.07, 6.45) is 5.18. The van der Waals surface area contributed by atoms with E-state index in [-0.39, 0.29) is 0 Å². The van der Waals surface area contributed by atoms with Crippen LogP contribution < -0.4 is 4.74 Å². The summed E-state index contributed by atoms with van der Waals surface area (Å²) in [4.78, 5) is 0. The number of hydrogen-bond acceptors (Lipinski definition) is 1. The Kier molecular flexibility index (Phi) is 5.42. The Morgan fingerprint density at radius 1 is 1.30 bits per heavy atom. The lowest BCUT2D eigenvalue weighted by atomic mass is 9.90. The molecule has 0 radical (unpaired) electrons. The molecule has 1 saturated carbocycles. The lowest BCUT2D eigenvalue weighted by molar-refractivity contribution is 0.173. The molecule has 1 aliphatic rings. The van der Waals surface area contributed by atoms with E-state index in [1.807, 2.05) is 6.07 Å². The van der Waals surface area contributed by atoms with E-state index in [0.717, 1.165) is 28.3 Å². The smallest absolute Gasteiger partial charge is 0.122 e. The maximum absolute atomic E-state index is 6.32. The molecule has 0 N–H and O–H groups in total. The second kappa shape index (κ2) is 6.70. The van der Waals surface area contributed by atoms with Gasteiger partial charge in [-0.3, -0.25) is 0 Å². The van der Waals surface area contributed by atoms with E-state index >= 15 is 0 Å². The molecule has 0 atom stereocenters. The Hall–Kier alpha value is -0.210.